The molecule has 1 amide bonds. The molecule has 1 aliphatic heterocycles. The Hall–Kier alpha value is -1.53. The van der Waals surface area contributed by atoms with Crippen LogP contribution in [0, 0.1) is 6.92 Å². The lowest BCUT2D eigenvalue weighted by Gasteiger charge is -2.20. The molecule has 0 spiro atoms. The first-order chi connectivity index (χ1) is 9.47. The largest absolute Gasteiger partial charge is 0.480 e. The topological polar surface area (TPSA) is 77.8 Å². The number of carbonyl (C=O) groups excluding carboxylic acids is 1. The van der Waals surface area contributed by atoms with Crippen LogP contribution in [0.15, 0.2) is 29.2 Å². The minimum absolute atomic E-state index is 0.101. The summed E-state index contributed by atoms with van der Waals surface area (Å²) >= 11 is 1.37. The Kier molecular flexibility index (Phi) is 4.67. The van der Waals surface area contributed by atoms with Crippen molar-refractivity contribution in [1.82, 2.24) is 4.90 Å². The quantitative estimate of drug-likeness (QED) is 0.814. The summed E-state index contributed by atoms with van der Waals surface area (Å²) in [5.41, 5.74) is 1.15. The summed E-state index contributed by atoms with van der Waals surface area (Å²) in [5, 5.41) is 18.6. The lowest BCUT2D eigenvalue weighted by molar-refractivity contribution is -0.147. The van der Waals surface area contributed by atoms with E-state index in [2.05, 4.69) is 0 Å². The Morgan fingerprint density at radius 2 is 2.00 bits per heavy atom. The molecule has 0 unspecified atom stereocenters. The van der Waals surface area contributed by atoms with Crippen LogP contribution >= 0.6 is 11.8 Å². The maximum atomic E-state index is 12.1. The lowest BCUT2D eigenvalue weighted by Crippen LogP contribution is -2.41. The average Bonchev–Trinajstić information content (AvgIpc) is 2.80. The summed E-state index contributed by atoms with van der Waals surface area (Å²) in [4.78, 5) is 25.4. The van der Waals surface area contributed by atoms with Gasteiger partial charge in [-0.05, 0) is 19.1 Å². The van der Waals surface area contributed by atoms with Crippen LogP contribution in [0.1, 0.15) is 12.0 Å². The number of carbonyl (C=O) groups is 2. The molecule has 0 saturated carbocycles. The van der Waals surface area contributed by atoms with Crippen molar-refractivity contribution in [1.29, 1.82) is 0 Å². The number of benzene rings is 1. The van der Waals surface area contributed by atoms with Gasteiger partial charge in [-0.25, -0.2) is 4.79 Å². The van der Waals surface area contributed by atoms with Crippen molar-refractivity contribution in [2.45, 2.75) is 30.4 Å². The first-order valence-electron chi connectivity index (χ1n) is 6.37. The minimum Gasteiger partial charge on any atom is -0.480 e. The number of hydrogen-bond acceptors (Lipinski definition) is 4. The minimum atomic E-state index is -1.06. The van der Waals surface area contributed by atoms with Crippen LogP contribution in [0.4, 0.5) is 0 Å². The number of aliphatic hydroxyl groups excluding tert-OH is 1. The van der Waals surface area contributed by atoms with Gasteiger partial charge in [0.25, 0.3) is 0 Å². The van der Waals surface area contributed by atoms with Gasteiger partial charge in [-0.1, -0.05) is 17.7 Å². The second-order valence-corrected chi connectivity index (χ2v) is 5.94. The van der Waals surface area contributed by atoms with Crippen molar-refractivity contribution in [3.05, 3.63) is 29.8 Å². The van der Waals surface area contributed by atoms with Gasteiger partial charge in [-0.15, -0.1) is 11.8 Å². The van der Waals surface area contributed by atoms with E-state index < -0.39 is 18.1 Å². The second kappa shape index (κ2) is 6.28. The third-order valence-corrected chi connectivity index (χ3v) is 4.26. The molecule has 1 aromatic carbocycles. The maximum Gasteiger partial charge on any atom is 0.326 e. The zero-order chi connectivity index (χ0) is 14.7. The summed E-state index contributed by atoms with van der Waals surface area (Å²) in [5.74, 6) is -1.13. The monoisotopic (exact) mass is 295 g/mol. The molecule has 1 aliphatic rings. The van der Waals surface area contributed by atoms with Crippen LogP contribution < -0.4 is 0 Å². The zero-order valence-electron chi connectivity index (χ0n) is 11.2. The zero-order valence-corrected chi connectivity index (χ0v) is 12.0. The molecular formula is C14H17NO4S. The third kappa shape index (κ3) is 3.52. The van der Waals surface area contributed by atoms with Crippen molar-refractivity contribution < 1.29 is 19.8 Å². The third-order valence-electron chi connectivity index (χ3n) is 3.27. The number of aryl methyl sites for hydroxylation is 1. The average molecular weight is 295 g/mol. The van der Waals surface area contributed by atoms with E-state index in [1.807, 2.05) is 31.2 Å². The van der Waals surface area contributed by atoms with Gasteiger partial charge in [-0.3, -0.25) is 4.79 Å². The first kappa shape index (κ1) is 14.9. The molecule has 1 saturated heterocycles. The van der Waals surface area contributed by atoms with E-state index >= 15 is 0 Å². The summed E-state index contributed by atoms with van der Waals surface area (Å²) in [6.07, 6.45) is -0.638. The van der Waals surface area contributed by atoms with Gasteiger partial charge < -0.3 is 15.1 Å². The summed E-state index contributed by atoms with van der Waals surface area (Å²) in [6.45, 7) is 2.09. The fraction of sp³-hybridized carbons (Fsp3) is 0.429. The highest BCUT2D eigenvalue weighted by molar-refractivity contribution is 8.00. The van der Waals surface area contributed by atoms with Crippen LogP contribution in [0.5, 0.6) is 0 Å². The highest BCUT2D eigenvalue weighted by Crippen LogP contribution is 2.23. The van der Waals surface area contributed by atoms with Crippen LogP contribution in [0.25, 0.3) is 0 Å². The second-order valence-electron chi connectivity index (χ2n) is 4.89. The standard InChI is InChI=1S/C14H17NO4S/c1-9-2-4-11(5-3-9)20-8-13(17)15-7-10(16)6-12(15)14(18)19/h2-5,10,12,16H,6-8H2,1H3,(H,18,19)/t10-,12-/m1/s1. The fourth-order valence-electron chi connectivity index (χ4n) is 2.19. The summed E-state index contributed by atoms with van der Waals surface area (Å²) < 4.78 is 0. The molecule has 6 heteroatoms. The molecule has 1 fully saturated rings. The first-order valence-corrected chi connectivity index (χ1v) is 7.35. The van der Waals surface area contributed by atoms with Gasteiger partial charge in [0.1, 0.15) is 6.04 Å². The van der Waals surface area contributed by atoms with Crippen LogP contribution in [0.3, 0.4) is 0 Å². The Labute approximate surface area is 121 Å². The molecule has 1 heterocycles. The van der Waals surface area contributed by atoms with E-state index in [-0.39, 0.29) is 24.6 Å². The molecule has 0 aromatic heterocycles. The molecule has 0 aliphatic carbocycles. The number of rotatable bonds is 4. The predicted octanol–water partition coefficient (Wildman–Crippen LogP) is 1.13. The number of carboxylic acids is 1. The number of nitrogens with zero attached hydrogens (tertiary/aromatic N) is 1. The lowest BCUT2D eigenvalue weighted by atomic mass is 10.2. The Morgan fingerprint density at radius 1 is 1.35 bits per heavy atom. The predicted molar refractivity (Wildman–Crippen MR) is 75.7 cm³/mol. The number of β-amino-alcohol motifs (C(OH)–C–C–N with tert-alkyl or cyclic N) is 1. The Bertz CT molecular complexity index is 502. The molecule has 108 valence electrons. The molecular weight excluding hydrogens is 278 g/mol. The van der Waals surface area contributed by atoms with E-state index in [0.717, 1.165) is 10.5 Å². The molecule has 2 N–H and O–H groups in total. The number of aliphatic hydroxyl groups is 1. The highest BCUT2D eigenvalue weighted by atomic mass is 32.2. The van der Waals surface area contributed by atoms with Crippen molar-refractivity contribution in [2.75, 3.05) is 12.3 Å². The van der Waals surface area contributed by atoms with Gasteiger partial charge in [0.05, 0.1) is 11.9 Å². The summed E-state index contributed by atoms with van der Waals surface area (Å²) in [6, 6.07) is 6.89. The fourth-order valence-corrected chi connectivity index (χ4v) is 2.97. The van der Waals surface area contributed by atoms with Gasteiger partial charge in [0.15, 0.2) is 0 Å². The molecule has 1 aromatic rings. The number of hydrogen-bond donors (Lipinski definition) is 2. The normalized spacial score (nSPS) is 22.0. The Balaban J connectivity index is 1.94. The van der Waals surface area contributed by atoms with E-state index in [4.69, 9.17) is 5.11 Å². The van der Waals surface area contributed by atoms with Crippen LogP contribution in [0.2, 0.25) is 0 Å². The number of carboxylic acid groups (broad SMARTS) is 1. The number of thioether (sulfide) groups is 1. The molecule has 2 rings (SSSR count). The molecule has 5 nitrogen and oxygen atoms in total. The molecule has 2 atom stereocenters. The summed E-state index contributed by atoms with van der Waals surface area (Å²) in [7, 11) is 0. The number of aliphatic carboxylic acids is 1. The van der Waals surface area contributed by atoms with E-state index in [9.17, 15) is 14.7 Å². The maximum absolute atomic E-state index is 12.1. The van der Waals surface area contributed by atoms with E-state index in [0.29, 0.717) is 0 Å². The Morgan fingerprint density at radius 3 is 2.60 bits per heavy atom. The van der Waals surface area contributed by atoms with E-state index in [1.54, 1.807) is 0 Å². The van der Waals surface area contributed by atoms with Crippen molar-refractivity contribution in [2.24, 2.45) is 0 Å². The smallest absolute Gasteiger partial charge is 0.326 e. The van der Waals surface area contributed by atoms with Gasteiger partial charge in [0, 0.05) is 17.9 Å². The molecule has 0 radical (unpaired) electrons. The molecule has 20 heavy (non-hydrogen) atoms. The van der Waals surface area contributed by atoms with Crippen LogP contribution in [-0.4, -0.2) is 51.4 Å². The van der Waals surface area contributed by atoms with Crippen molar-refractivity contribution >= 4 is 23.6 Å². The SMILES string of the molecule is Cc1ccc(SCC(=O)N2C[C@H](O)C[C@@H]2C(=O)O)cc1. The molecule has 0 bridgehead atoms. The highest BCUT2D eigenvalue weighted by Gasteiger charge is 2.38. The van der Waals surface area contributed by atoms with E-state index in [1.165, 1.54) is 16.7 Å². The van der Waals surface area contributed by atoms with Crippen molar-refractivity contribution in [3.8, 4) is 0 Å². The van der Waals surface area contributed by atoms with Gasteiger partial charge in [0.2, 0.25) is 5.91 Å². The van der Waals surface area contributed by atoms with Gasteiger partial charge in [-0.2, -0.15) is 0 Å². The number of likely N-dealkylation sites (tertiary alicyclic amines) is 1. The van der Waals surface area contributed by atoms with Crippen LogP contribution in [-0.2, 0) is 9.59 Å². The van der Waals surface area contributed by atoms with Gasteiger partial charge >= 0.3 is 5.97 Å². The number of amides is 1. The van der Waals surface area contributed by atoms with Crippen molar-refractivity contribution in [3.63, 3.8) is 0 Å².